The van der Waals surface area contributed by atoms with Crippen LogP contribution in [0.1, 0.15) is 19.5 Å². The number of hydrogen-bond acceptors (Lipinski definition) is 3. The maximum absolute atomic E-state index is 8.57. The first-order valence-electron chi connectivity index (χ1n) is 3.75. The van der Waals surface area contributed by atoms with Gasteiger partial charge < -0.3 is 0 Å². The fourth-order valence-corrected chi connectivity index (χ4v) is 1.68. The highest BCUT2D eigenvalue weighted by Gasteiger charge is 1.99. The minimum atomic E-state index is 0.487. The Bertz CT molecular complexity index is 302. The van der Waals surface area contributed by atoms with Gasteiger partial charge in [-0.3, -0.25) is 0 Å². The molecule has 0 aliphatic rings. The Morgan fingerprint density at radius 1 is 1.58 bits per heavy atom. The molecule has 0 fully saturated rings. The lowest BCUT2D eigenvalue weighted by molar-refractivity contribution is 1.10. The third kappa shape index (κ3) is 2.55. The van der Waals surface area contributed by atoms with Crippen LogP contribution < -0.4 is 0 Å². The standard InChI is InChI=1S/C9H10N2S/c1-7(2)12-9-3-4-11-8(5-9)6-10/h3-5,7H,1-2H3. The Balaban J connectivity index is 2.81. The van der Waals surface area contributed by atoms with Gasteiger partial charge in [0.1, 0.15) is 11.8 Å². The zero-order chi connectivity index (χ0) is 8.97. The van der Waals surface area contributed by atoms with Crippen molar-refractivity contribution in [2.75, 3.05) is 0 Å². The monoisotopic (exact) mass is 178 g/mol. The van der Waals surface area contributed by atoms with Crippen molar-refractivity contribution >= 4 is 11.8 Å². The van der Waals surface area contributed by atoms with Crippen LogP contribution in [0, 0.1) is 11.3 Å². The van der Waals surface area contributed by atoms with E-state index in [0.29, 0.717) is 10.9 Å². The molecule has 1 aromatic rings. The molecule has 0 amide bonds. The van der Waals surface area contributed by atoms with Crippen molar-refractivity contribution < 1.29 is 0 Å². The van der Waals surface area contributed by atoms with Gasteiger partial charge in [-0.25, -0.2) is 4.98 Å². The van der Waals surface area contributed by atoms with E-state index in [4.69, 9.17) is 5.26 Å². The molecule has 1 heterocycles. The zero-order valence-electron chi connectivity index (χ0n) is 7.11. The minimum Gasteiger partial charge on any atom is -0.245 e. The quantitative estimate of drug-likeness (QED) is 0.653. The van der Waals surface area contributed by atoms with Gasteiger partial charge in [0.15, 0.2) is 0 Å². The third-order valence-corrected chi connectivity index (χ3v) is 2.22. The second-order valence-electron chi connectivity index (χ2n) is 2.66. The number of nitrogens with zero attached hydrogens (tertiary/aromatic N) is 2. The summed E-state index contributed by atoms with van der Waals surface area (Å²) in [7, 11) is 0. The molecular weight excluding hydrogens is 168 g/mol. The van der Waals surface area contributed by atoms with Crippen LogP contribution in [-0.4, -0.2) is 10.2 Å². The molecule has 0 saturated heterocycles. The summed E-state index contributed by atoms with van der Waals surface area (Å²) in [5.41, 5.74) is 0.487. The van der Waals surface area contributed by atoms with Crippen LogP contribution in [-0.2, 0) is 0 Å². The van der Waals surface area contributed by atoms with Gasteiger partial charge in [-0.05, 0) is 12.1 Å². The van der Waals surface area contributed by atoms with Crippen molar-refractivity contribution in [1.29, 1.82) is 5.26 Å². The molecule has 0 spiro atoms. The molecule has 0 atom stereocenters. The van der Waals surface area contributed by atoms with E-state index >= 15 is 0 Å². The first-order chi connectivity index (χ1) is 5.72. The highest BCUT2D eigenvalue weighted by Crippen LogP contribution is 2.22. The van der Waals surface area contributed by atoms with E-state index < -0.39 is 0 Å². The van der Waals surface area contributed by atoms with Crippen LogP contribution in [0.15, 0.2) is 23.2 Å². The Kier molecular flexibility index (Phi) is 3.12. The molecule has 0 aromatic carbocycles. The zero-order valence-corrected chi connectivity index (χ0v) is 7.93. The Hall–Kier alpha value is -1.01. The van der Waals surface area contributed by atoms with Crippen LogP contribution in [0.5, 0.6) is 0 Å². The number of aromatic nitrogens is 1. The van der Waals surface area contributed by atoms with Crippen molar-refractivity contribution in [3.05, 3.63) is 24.0 Å². The molecule has 0 N–H and O–H groups in total. The van der Waals surface area contributed by atoms with E-state index in [2.05, 4.69) is 18.8 Å². The third-order valence-electron chi connectivity index (χ3n) is 1.22. The molecule has 0 radical (unpaired) electrons. The molecule has 0 saturated carbocycles. The lowest BCUT2D eigenvalue weighted by Gasteiger charge is -2.03. The Labute approximate surface area is 76.6 Å². The second kappa shape index (κ2) is 4.13. The molecule has 1 rings (SSSR count). The van der Waals surface area contributed by atoms with Gasteiger partial charge >= 0.3 is 0 Å². The average molecular weight is 178 g/mol. The van der Waals surface area contributed by atoms with Gasteiger partial charge in [-0.1, -0.05) is 13.8 Å². The van der Waals surface area contributed by atoms with Crippen molar-refractivity contribution in [1.82, 2.24) is 4.98 Å². The van der Waals surface area contributed by atoms with E-state index in [-0.39, 0.29) is 0 Å². The normalized spacial score (nSPS) is 9.83. The smallest absolute Gasteiger partial charge is 0.141 e. The largest absolute Gasteiger partial charge is 0.245 e. The minimum absolute atomic E-state index is 0.487. The van der Waals surface area contributed by atoms with E-state index in [1.165, 1.54) is 0 Å². The van der Waals surface area contributed by atoms with E-state index in [1.54, 1.807) is 18.0 Å². The number of hydrogen-bond donors (Lipinski definition) is 0. The average Bonchev–Trinajstić information content (AvgIpc) is 2.03. The molecule has 0 aliphatic carbocycles. The molecule has 3 heteroatoms. The fraction of sp³-hybridized carbons (Fsp3) is 0.333. The lowest BCUT2D eigenvalue weighted by atomic mass is 10.4. The summed E-state index contributed by atoms with van der Waals surface area (Å²) in [6.45, 7) is 4.24. The van der Waals surface area contributed by atoms with Crippen LogP contribution >= 0.6 is 11.8 Å². The van der Waals surface area contributed by atoms with Crippen molar-refractivity contribution in [2.24, 2.45) is 0 Å². The van der Waals surface area contributed by atoms with Crippen LogP contribution in [0.25, 0.3) is 0 Å². The molecule has 0 bridgehead atoms. The van der Waals surface area contributed by atoms with Crippen molar-refractivity contribution in [2.45, 2.75) is 24.0 Å². The van der Waals surface area contributed by atoms with E-state index in [9.17, 15) is 0 Å². The molecule has 62 valence electrons. The molecule has 12 heavy (non-hydrogen) atoms. The SMILES string of the molecule is CC(C)Sc1ccnc(C#N)c1. The highest BCUT2D eigenvalue weighted by molar-refractivity contribution is 7.99. The Morgan fingerprint density at radius 2 is 2.33 bits per heavy atom. The summed E-state index contributed by atoms with van der Waals surface area (Å²) in [6.07, 6.45) is 1.67. The van der Waals surface area contributed by atoms with E-state index in [1.807, 2.05) is 18.2 Å². The van der Waals surface area contributed by atoms with Gasteiger partial charge in [-0.15, -0.1) is 11.8 Å². The van der Waals surface area contributed by atoms with Gasteiger partial charge in [0.25, 0.3) is 0 Å². The number of rotatable bonds is 2. The van der Waals surface area contributed by atoms with Gasteiger partial charge in [0.2, 0.25) is 0 Å². The number of thioether (sulfide) groups is 1. The molecule has 0 unspecified atom stereocenters. The first-order valence-corrected chi connectivity index (χ1v) is 4.63. The summed E-state index contributed by atoms with van der Waals surface area (Å²) in [5.74, 6) is 0. The van der Waals surface area contributed by atoms with Crippen LogP contribution in [0.3, 0.4) is 0 Å². The molecule has 2 nitrogen and oxygen atoms in total. The summed E-state index contributed by atoms with van der Waals surface area (Å²) in [4.78, 5) is 5.00. The number of nitriles is 1. The predicted octanol–water partition coefficient (Wildman–Crippen LogP) is 2.45. The van der Waals surface area contributed by atoms with Gasteiger partial charge in [0, 0.05) is 16.3 Å². The molecule has 0 aliphatic heterocycles. The van der Waals surface area contributed by atoms with Gasteiger partial charge in [0.05, 0.1) is 0 Å². The summed E-state index contributed by atoms with van der Waals surface area (Å²) in [5, 5.41) is 9.12. The number of pyridine rings is 1. The Morgan fingerprint density at radius 3 is 2.92 bits per heavy atom. The fourth-order valence-electron chi connectivity index (χ4n) is 0.818. The predicted molar refractivity (Wildman–Crippen MR) is 49.9 cm³/mol. The van der Waals surface area contributed by atoms with E-state index in [0.717, 1.165) is 4.90 Å². The van der Waals surface area contributed by atoms with Crippen LogP contribution in [0.2, 0.25) is 0 Å². The maximum atomic E-state index is 8.57. The second-order valence-corrected chi connectivity index (χ2v) is 4.31. The maximum Gasteiger partial charge on any atom is 0.141 e. The lowest BCUT2D eigenvalue weighted by Crippen LogP contribution is -1.87. The van der Waals surface area contributed by atoms with Crippen LogP contribution in [0.4, 0.5) is 0 Å². The molecule has 1 aromatic heterocycles. The topological polar surface area (TPSA) is 36.7 Å². The summed E-state index contributed by atoms with van der Waals surface area (Å²) < 4.78 is 0. The summed E-state index contributed by atoms with van der Waals surface area (Å²) in [6, 6.07) is 5.75. The highest BCUT2D eigenvalue weighted by atomic mass is 32.2. The first kappa shape index (κ1) is 9.08. The summed E-state index contributed by atoms with van der Waals surface area (Å²) >= 11 is 1.74. The van der Waals surface area contributed by atoms with Gasteiger partial charge in [-0.2, -0.15) is 5.26 Å². The van der Waals surface area contributed by atoms with Crippen molar-refractivity contribution in [3.8, 4) is 6.07 Å². The van der Waals surface area contributed by atoms with Crippen molar-refractivity contribution in [3.63, 3.8) is 0 Å². The molecular formula is C9H10N2S.